The predicted molar refractivity (Wildman–Crippen MR) is 113 cm³/mol. The third-order valence-corrected chi connectivity index (χ3v) is 5.15. The summed E-state index contributed by atoms with van der Waals surface area (Å²) in [7, 11) is 0. The molecule has 2 N–H and O–H groups in total. The summed E-state index contributed by atoms with van der Waals surface area (Å²) >= 11 is 1.75. The lowest BCUT2D eigenvalue weighted by Crippen LogP contribution is -2.40. The molecule has 1 aromatic rings. The number of aromatic nitrogens is 1. The van der Waals surface area contributed by atoms with Crippen LogP contribution in [0.25, 0.3) is 0 Å². The second-order valence-corrected chi connectivity index (χ2v) is 7.50. The van der Waals surface area contributed by atoms with Crippen molar-refractivity contribution in [3.63, 3.8) is 0 Å². The summed E-state index contributed by atoms with van der Waals surface area (Å²) in [5, 5.41) is 10.1. The Kier molecular flexibility index (Phi) is 9.51. The molecule has 0 aromatic carbocycles. The fourth-order valence-corrected chi connectivity index (χ4v) is 3.43. The number of ether oxygens (including phenoxy) is 1. The van der Waals surface area contributed by atoms with E-state index in [4.69, 9.17) is 4.74 Å². The van der Waals surface area contributed by atoms with Gasteiger partial charge < -0.3 is 15.4 Å². The monoisotopic (exact) mass is 466 g/mol. The molecule has 0 bridgehead atoms. The van der Waals surface area contributed by atoms with Crippen molar-refractivity contribution in [3.05, 3.63) is 16.1 Å². The van der Waals surface area contributed by atoms with Crippen LogP contribution < -0.4 is 10.6 Å². The van der Waals surface area contributed by atoms with Crippen LogP contribution in [0.15, 0.2) is 10.4 Å². The van der Waals surface area contributed by atoms with Crippen molar-refractivity contribution in [2.24, 2.45) is 4.99 Å². The molecule has 5 nitrogen and oxygen atoms in total. The van der Waals surface area contributed by atoms with Gasteiger partial charge in [0.1, 0.15) is 0 Å². The number of aliphatic imine (C=N–C) groups is 1. The van der Waals surface area contributed by atoms with Crippen LogP contribution in [-0.2, 0) is 11.2 Å². The number of rotatable bonds is 7. The zero-order chi connectivity index (χ0) is 16.7. The van der Waals surface area contributed by atoms with Crippen LogP contribution in [0.1, 0.15) is 57.2 Å². The van der Waals surface area contributed by atoms with Crippen molar-refractivity contribution >= 4 is 41.3 Å². The Bertz CT molecular complexity index is 512. The van der Waals surface area contributed by atoms with E-state index in [1.165, 1.54) is 5.01 Å². The summed E-state index contributed by atoms with van der Waals surface area (Å²) < 4.78 is 5.80. The van der Waals surface area contributed by atoms with E-state index >= 15 is 0 Å². The summed E-state index contributed by atoms with van der Waals surface area (Å²) in [5.74, 6) is 1.37. The van der Waals surface area contributed by atoms with E-state index in [9.17, 15) is 0 Å². The van der Waals surface area contributed by atoms with E-state index in [0.717, 1.165) is 50.6 Å². The molecule has 0 radical (unpaired) electrons. The number of halogens is 1. The Morgan fingerprint density at radius 3 is 2.83 bits per heavy atom. The highest BCUT2D eigenvalue weighted by Crippen LogP contribution is 2.25. The minimum Gasteiger partial charge on any atom is -0.373 e. The fraction of sp³-hybridized carbons (Fsp3) is 0.765. The molecular formula is C17H31IN4OS. The number of nitrogens with zero attached hydrogens (tertiary/aromatic N) is 2. The van der Waals surface area contributed by atoms with E-state index in [2.05, 4.69) is 53.7 Å². The van der Waals surface area contributed by atoms with Gasteiger partial charge in [0.2, 0.25) is 0 Å². The molecule has 24 heavy (non-hydrogen) atoms. The second-order valence-electron chi connectivity index (χ2n) is 6.61. The number of nitrogens with one attached hydrogen (secondary N) is 2. The van der Waals surface area contributed by atoms with Crippen LogP contribution in [0.5, 0.6) is 0 Å². The maximum atomic E-state index is 5.80. The summed E-state index contributed by atoms with van der Waals surface area (Å²) in [6.45, 7) is 11.9. The zero-order valence-electron chi connectivity index (χ0n) is 15.2. The lowest BCUT2D eigenvalue weighted by atomic mass is 10.0. The van der Waals surface area contributed by atoms with Gasteiger partial charge in [0.05, 0.1) is 22.8 Å². The van der Waals surface area contributed by atoms with E-state index in [1.54, 1.807) is 11.3 Å². The van der Waals surface area contributed by atoms with E-state index in [0.29, 0.717) is 12.5 Å². The minimum atomic E-state index is -0.0938. The van der Waals surface area contributed by atoms with Crippen LogP contribution in [0.3, 0.4) is 0 Å². The van der Waals surface area contributed by atoms with Gasteiger partial charge in [-0.3, -0.25) is 4.99 Å². The molecule has 0 amide bonds. The average molecular weight is 466 g/mol. The van der Waals surface area contributed by atoms with Crippen molar-refractivity contribution in [2.45, 2.75) is 58.5 Å². The average Bonchev–Trinajstić information content (AvgIpc) is 3.15. The zero-order valence-corrected chi connectivity index (χ0v) is 18.4. The predicted octanol–water partition coefficient (Wildman–Crippen LogP) is 3.55. The van der Waals surface area contributed by atoms with Crippen LogP contribution in [0.4, 0.5) is 0 Å². The molecule has 0 saturated carbocycles. The van der Waals surface area contributed by atoms with Gasteiger partial charge in [-0.25, -0.2) is 4.98 Å². The molecule has 1 atom stereocenters. The van der Waals surface area contributed by atoms with Crippen molar-refractivity contribution in [1.29, 1.82) is 0 Å². The molecule has 1 saturated heterocycles. The van der Waals surface area contributed by atoms with Gasteiger partial charge in [0.15, 0.2) is 5.96 Å². The number of hydrogen-bond donors (Lipinski definition) is 2. The van der Waals surface area contributed by atoms with E-state index in [-0.39, 0.29) is 29.6 Å². The maximum Gasteiger partial charge on any atom is 0.191 e. The first-order valence-electron chi connectivity index (χ1n) is 8.63. The van der Waals surface area contributed by atoms with Crippen LogP contribution in [-0.4, -0.2) is 42.8 Å². The molecule has 138 valence electrons. The van der Waals surface area contributed by atoms with Crippen LogP contribution in [0.2, 0.25) is 0 Å². The van der Waals surface area contributed by atoms with Crippen molar-refractivity contribution < 1.29 is 4.74 Å². The SMILES string of the molecule is CCNC(=NCC1(C)CCCO1)NCCc1csc(C(C)C)n1.I. The summed E-state index contributed by atoms with van der Waals surface area (Å²) in [6.07, 6.45) is 3.14. The van der Waals surface area contributed by atoms with E-state index in [1.807, 2.05) is 0 Å². The number of hydrogen-bond acceptors (Lipinski definition) is 4. The smallest absolute Gasteiger partial charge is 0.191 e. The quantitative estimate of drug-likeness (QED) is 0.367. The topological polar surface area (TPSA) is 58.5 Å². The highest BCUT2D eigenvalue weighted by atomic mass is 127. The molecule has 1 aromatic heterocycles. The molecule has 1 fully saturated rings. The third kappa shape index (κ3) is 6.84. The molecule has 0 spiro atoms. The lowest BCUT2D eigenvalue weighted by Gasteiger charge is -2.21. The van der Waals surface area contributed by atoms with Crippen LogP contribution >= 0.6 is 35.3 Å². The molecule has 7 heteroatoms. The van der Waals surface area contributed by atoms with Gasteiger partial charge >= 0.3 is 0 Å². The standard InChI is InChI=1S/C17H30N4OS.HI/c1-5-18-16(20-12-17(4)8-6-10-22-17)19-9-7-14-11-23-15(21-14)13(2)3;/h11,13H,5-10,12H2,1-4H3,(H2,18,19,20);1H. The van der Waals surface area contributed by atoms with Gasteiger partial charge in [-0.2, -0.15) is 0 Å². The third-order valence-electron chi connectivity index (χ3n) is 3.95. The maximum absolute atomic E-state index is 5.80. The van der Waals surface area contributed by atoms with Gasteiger partial charge in [-0.05, 0) is 26.7 Å². The van der Waals surface area contributed by atoms with Crippen molar-refractivity contribution in [3.8, 4) is 0 Å². The Balaban J connectivity index is 0.00000288. The highest BCUT2D eigenvalue weighted by Gasteiger charge is 2.29. The highest BCUT2D eigenvalue weighted by molar-refractivity contribution is 14.0. The molecule has 1 aliphatic rings. The largest absolute Gasteiger partial charge is 0.373 e. The number of thiazole rings is 1. The van der Waals surface area contributed by atoms with Gasteiger partial charge in [-0.15, -0.1) is 35.3 Å². The van der Waals surface area contributed by atoms with Gasteiger partial charge in [0, 0.05) is 37.4 Å². The normalized spacial score (nSPS) is 21.0. The summed E-state index contributed by atoms with van der Waals surface area (Å²) in [4.78, 5) is 9.35. The number of guanidine groups is 1. The van der Waals surface area contributed by atoms with E-state index < -0.39 is 0 Å². The first kappa shape index (κ1) is 21.6. The Hall–Kier alpha value is -0.410. The van der Waals surface area contributed by atoms with Crippen molar-refractivity contribution in [1.82, 2.24) is 15.6 Å². The summed E-state index contributed by atoms with van der Waals surface area (Å²) in [5.41, 5.74) is 1.07. The Labute approximate surface area is 167 Å². The molecular weight excluding hydrogens is 435 g/mol. The van der Waals surface area contributed by atoms with Gasteiger partial charge in [0.25, 0.3) is 0 Å². The summed E-state index contributed by atoms with van der Waals surface area (Å²) in [6, 6.07) is 0. The molecule has 1 unspecified atom stereocenters. The Morgan fingerprint density at radius 2 is 2.25 bits per heavy atom. The molecule has 0 aliphatic carbocycles. The molecule has 2 heterocycles. The second kappa shape index (κ2) is 10.6. The molecule has 1 aliphatic heterocycles. The van der Waals surface area contributed by atoms with Crippen molar-refractivity contribution in [2.75, 3.05) is 26.2 Å². The van der Waals surface area contributed by atoms with Gasteiger partial charge in [-0.1, -0.05) is 13.8 Å². The first-order valence-corrected chi connectivity index (χ1v) is 9.51. The first-order chi connectivity index (χ1) is 11.0. The Morgan fingerprint density at radius 1 is 1.46 bits per heavy atom. The fourth-order valence-electron chi connectivity index (χ4n) is 2.56. The van der Waals surface area contributed by atoms with Crippen LogP contribution in [0, 0.1) is 0 Å². The lowest BCUT2D eigenvalue weighted by molar-refractivity contribution is 0.0283. The molecule has 2 rings (SSSR count). The minimum absolute atomic E-state index is 0.